The molecule has 1 atom stereocenters. The average molecular weight is 332 g/mol. The molecule has 0 fully saturated rings. The van der Waals surface area contributed by atoms with Crippen LogP contribution in [0.1, 0.15) is 29.2 Å². The predicted molar refractivity (Wildman–Crippen MR) is 88.2 cm³/mol. The van der Waals surface area contributed by atoms with Gasteiger partial charge in [-0.3, -0.25) is 0 Å². The first kappa shape index (κ1) is 15.7. The van der Waals surface area contributed by atoms with E-state index in [1.165, 1.54) is 6.07 Å². The van der Waals surface area contributed by atoms with Crippen LogP contribution in [0.2, 0.25) is 0 Å². The van der Waals surface area contributed by atoms with Crippen LogP contribution < -0.4 is 0 Å². The van der Waals surface area contributed by atoms with E-state index in [1.807, 2.05) is 31.2 Å². The summed E-state index contributed by atoms with van der Waals surface area (Å²) in [5.74, 6) is -0.399. The second-order valence-electron chi connectivity index (χ2n) is 5.69. The number of halogens is 1. The Morgan fingerprint density at radius 3 is 2.39 bits per heavy atom. The molecule has 1 heterocycles. The first-order chi connectivity index (χ1) is 10.9. The summed E-state index contributed by atoms with van der Waals surface area (Å²) in [4.78, 5) is 0. The highest BCUT2D eigenvalue weighted by atomic mass is 32.2. The van der Waals surface area contributed by atoms with Gasteiger partial charge in [-0.2, -0.15) is 9.52 Å². The van der Waals surface area contributed by atoms with E-state index in [4.69, 9.17) is 0 Å². The molecule has 0 spiro atoms. The lowest BCUT2D eigenvalue weighted by Gasteiger charge is -2.21. The molecule has 0 saturated heterocycles. The van der Waals surface area contributed by atoms with Crippen LogP contribution in [0.5, 0.6) is 0 Å². The van der Waals surface area contributed by atoms with Gasteiger partial charge in [0, 0.05) is 12.0 Å². The van der Waals surface area contributed by atoms with Crippen molar-refractivity contribution in [3.63, 3.8) is 0 Å². The number of aryl methyl sites for hydroxylation is 1. The number of sulfonamides is 1. The zero-order valence-corrected chi connectivity index (χ0v) is 13.7. The van der Waals surface area contributed by atoms with Crippen LogP contribution in [0.15, 0.2) is 53.6 Å². The van der Waals surface area contributed by atoms with E-state index < -0.39 is 21.9 Å². The minimum atomic E-state index is -3.54. The Morgan fingerprint density at radius 2 is 1.78 bits per heavy atom. The quantitative estimate of drug-likeness (QED) is 0.866. The number of hydrazone groups is 1. The summed E-state index contributed by atoms with van der Waals surface area (Å²) < 4.78 is 39.2. The van der Waals surface area contributed by atoms with Crippen molar-refractivity contribution in [1.82, 2.24) is 4.41 Å². The number of hydrogen-bond acceptors (Lipinski definition) is 3. The molecule has 23 heavy (non-hydrogen) atoms. The molecule has 0 saturated carbocycles. The highest BCUT2D eigenvalue weighted by molar-refractivity contribution is 7.88. The van der Waals surface area contributed by atoms with E-state index in [0.29, 0.717) is 17.7 Å². The van der Waals surface area contributed by atoms with Gasteiger partial charge in [0.15, 0.2) is 0 Å². The van der Waals surface area contributed by atoms with Crippen LogP contribution in [0.25, 0.3) is 0 Å². The highest BCUT2D eigenvalue weighted by Gasteiger charge is 2.35. The summed E-state index contributed by atoms with van der Waals surface area (Å²) in [5.41, 5.74) is 2.72. The smallest absolute Gasteiger partial charge is 0.206 e. The first-order valence-corrected chi connectivity index (χ1v) is 9.09. The van der Waals surface area contributed by atoms with Gasteiger partial charge in [0.25, 0.3) is 0 Å². The molecule has 0 aromatic heterocycles. The van der Waals surface area contributed by atoms with Crippen LogP contribution in [-0.4, -0.2) is 24.8 Å². The van der Waals surface area contributed by atoms with Crippen molar-refractivity contribution in [2.75, 3.05) is 6.26 Å². The molecule has 0 amide bonds. The second kappa shape index (κ2) is 5.77. The molecule has 120 valence electrons. The van der Waals surface area contributed by atoms with Crippen molar-refractivity contribution in [3.8, 4) is 0 Å². The molecule has 0 bridgehead atoms. The van der Waals surface area contributed by atoms with Gasteiger partial charge in [0.05, 0.1) is 18.0 Å². The van der Waals surface area contributed by atoms with Crippen molar-refractivity contribution < 1.29 is 12.8 Å². The van der Waals surface area contributed by atoms with E-state index in [2.05, 4.69) is 5.10 Å². The third kappa shape index (κ3) is 3.12. The topological polar surface area (TPSA) is 49.7 Å². The Bertz CT molecular complexity index is 860. The highest BCUT2D eigenvalue weighted by Crippen LogP contribution is 2.35. The van der Waals surface area contributed by atoms with Gasteiger partial charge in [-0.05, 0) is 18.6 Å². The van der Waals surface area contributed by atoms with Crippen molar-refractivity contribution in [3.05, 3.63) is 71.0 Å². The maximum absolute atomic E-state index is 14.0. The lowest BCUT2D eigenvalue weighted by Crippen LogP contribution is -2.25. The summed E-state index contributed by atoms with van der Waals surface area (Å²) in [6.07, 6.45) is 1.46. The van der Waals surface area contributed by atoms with Gasteiger partial charge < -0.3 is 0 Å². The van der Waals surface area contributed by atoms with Crippen molar-refractivity contribution in [2.45, 2.75) is 19.4 Å². The van der Waals surface area contributed by atoms with Gasteiger partial charge in [-0.15, -0.1) is 0 Å². The standard InChI is InChI=1S/C17H17FN2O2S/c1-12-7-9-13(10-8-12)17-11-16(19-20(17)23(2,21)22)14-5-3-4-6-15(14)18/h3-10,17H,11H2,1-2H3. The maximum Gasteiger partial charge on any atom is 0.247 e. The second-order valence-corrected chi connectivity index (χ2v) is 7.53. The molecular weight excluding hydrogens is 315 g/mol. The number of hydrogen-bond donors (Lipinski definition) is 0. The normalized spacial score (nSPS) is 18.1. The monoisotopic (exact) mass is 332 g/mol. The lowest BCUT2D eigenvalue weighted by molar-refractivity contribution is 0.375. The SMILES string of the molecule is Cc1ccc(C2CC(c3ccccc3F)=NN2S(C)(=O)=O)cc1. The van der Waals surface area contributed by atoms with E-state index in [0.717, 1.165) is 21.8 Å². The van der Waals surface area contributed by atoms with Crippen LogP contribution >= 0.6 is 0 Å². The van der Waals surface area contributed by atoms with E-state index in [-0.39, 0.29) is 0 Å². The molecular formula is C17H17FN2O2S. The summed E-state index contributed by atoms with van der Waals surface area (Å²) >= 11 is 0. The van der Waals surface area contributed by atoms with Gasteiger partial charge in [0.1, 0.15) is 5.82 Å². The molecule has 4 nitrogen and oxygen atoms in total. The van der Waals surface area contributed by atoms with Crippen molar-refractivity contribution in [1.29, 1.82) is 0 Å². The number of benzene rings is 2. The Labute approximate surface area is 135 Å². The first-order valence-electron chi connectivity index (χ1n) is 7.24. The van der Waals surface area contributed by atoms with Crippen molar-refractivity contribution >= 4 is 15.7 Å². The Hall–Kier alpha value is -2.21. The third-order valence-corrected chi connectivity index (χ3v) is 4.87. The van der Waals surface area contributed by atoms with Gasteiger partial charge in [-0.25, -0.2) is 12.8 Å². The fraction of sp³-hybridized carbons (Fsp3) is 0.235. The molecule has 0 N–H and O–H groups in total. The summed E-state index contributed by atoms with van der Waals surface area (Å²) in [7, 11) is -3.54. The molecule has 0 aliphatic carbocycles. The van der Waals surface area contributed by atoms with E-state index >= 15 is 0 Å². The van der Waals surface area contributed by atoms with Gasteiger partial charge in [0.2, 0.25) is 10.0 Å². The van der Waals surface area contributed by atoms with Crippen molar-refractivity contribution in [2.24, 2.45) is 5.10 Å². The largest absolute Gasteiger partial charge is 0.247 e. The number of rotatable bonds is 3. The molecule has 2 aromatic rings. The van der Waals surface area contributed by atoms with Crippen LogP contribution in [0, 0.1) is 12.7 Å². The summed E-state index contributed by atoms with van der Waals surface area (Å²) in [5, 5.41) is 4.19. The van der Waals surface area contributed by atoms with E-state index in [9.17, 15) is 12.8 Å². The van der Waals surface area contributed by atoms with Crippen LogP contribution in [-0.2, 0) is 10.0 Å². The lowest BCUT2D eigenvalue weighted by atomic mass is 9.98. The fourth-order valence-electron chi connectivity index (χ4n) is 2.69. The molecule has 1 aliphatic rings. The number of nitrogens with zero attached hydrogens (tertiary/aromatic N) is 2. The van der Waals surface area contributed by atoms with Crippen LogP contribution in [0.4, 0.5) is 4.39 Å². The molecule has 1 aliphatic heterocycles. The molecule has 0 radical (unpaired) electrons. The Balaban J connectivity index is 2.03. The third-order valence-electron chi connectivity index (χ3n) is 3.86. The zero-order chi connectivity index (χ0) is 16.6. The predicted octanol–water partition coefficient (Wildman–Crippen LogP) is 3.24. The molecule has 3 rings (SSSR count). The Morgan fingerprint density at radius 1 is 1.13 bits per heavy atom. The fourth-order valence-corrected chi connectivity index (χ4v) is 3.59. The summed E-state index contributed by atoms with van der Waals surface area (Å²) in [6.45, 7) is 1.97. The summed E-state index contributed by atoms with van der Waals surface area (Å²) in [6, 6.07) is 13.5. The minimum absolute atomic E-state index is 0.343. The Kier molecular flexibility index (Phi) is 3.93. The average Bonchev–Trinajstić information content (AvgIpc) is 2.93. The molecule has 2 aromatic carbocycles. The van der Waals surface area contributed by atoms with Crippen LogP contribution in [0.3, 0.4) is 0 Å². The molecule has 1 unspecified atom stereocenters. The van der Waals surface area contributed by atoms with Gasteiger partial charge >= 0.3 is 0 Å². The maximum atomic E-state index is 14.0. The van der Waals surface area contributed by atoms with E-state index in [1.54, 1.807) is 18.2 Å². The zero-order valence-electron chi connectivity index (χ0n) is 12.9. The minimum Gasteiger partial charge on any atom is -0.206 e. The van der Waals surface area contributed by atoms with Gasteiger partial charge in [-0.1, -0.05) is 48.0 Å². The molecule has 6 heteroatoms.